The first-order valence-electron chi connectivity index (χ1n) is 5.27. The molecule has 0 aliphatic rings. The van der Waals surface area contributed by atoms with Crippen molar-refractivity contribution in [2.75, 3.05) is 33.0 Å². The Morgan fingerprint density at radius 1 is 0.846 bits per heavy atom. The van der Waals surface area contributed by atoms with Gasteiger partial charge < -0.3 is 15.2 Å². The Hall–Kier alpha value is -0.120. The van der Waals surface area contributed by atoms with Crippen molar-refractivity contribution in [1.82, 2.24) is 0 Å². The molecule has 0 radical (unpaired) electrons. The topological polar surface area (TPSA) is 44.5 Å². The highest BCUT2D eigenvalue weighted by Gasteiger charge is 1.89. The van der Waals surface area contributed by atoms with Crippen molar-refractivity contribution in [3.05, 3.63) is 0 Å². The predicted octanol–water partition coefficient (Wildman–Crippen LogP) is 1.56. The maximum Gasteiger partial charge on any atom is 0.0700 e. The molecule has 3 nitrogen and oxygen atoms in total. The molecule has 13 heavy (non-hydrogen) atoms. The minimum atomic E-state index is 0.717. The lowest BCUT2D eigenvalue weighted by Crippen LogP contribution is -2.07. The van der Waals surface area contributed by atoms with Gasteiger partial charge in [0.1, 0.15) is 0 Å². The molecular formula is C10H23NO2. The first-order chi connectivity index (χ1) is 6.41. The second-order valence-electron chi connectivity index (χ2n) is 3.07. The fourth-order valence-corrected chi connectivity index (χ4v) is 0.917. The quantitative estimate of drug-likeness (QED) is 0.530. The standard InChI is InChI=1S/C10H23NO2/c1-2-3-7-12-9-10-13-8-5-4-6-11/h2-11H2,1H3. The van der Waals surface area contributed by atoms with E-state index in [1.165, 1.54) is 6.42 Å². The molecule has 0 aliphatic carbocycles. The van der Waals surface area contributed by atoms with Crippen LogP contribution in [0.2, 0.25) is 0 Å². The molecule has 0 bridgehead atoms. The predicted molar refractivity (Wildman–Crippen MR) is 54.8 cm³/mol. The summed E-state index contributed by atoms with van der Waals surface area (Å²) in [6.07, 6.45) is 4.45. The summed E-state index contributed by atoms with van der Waals surface area (Å²) in [6.45, 7) is 6.04. The van der Waals surface area contributed by atoms with E-state index in [0.717, 1.165) is 45.6 Å². The van der Waals surface area contributed by atoms with Gasteiger partial charge in [0.25, 0.3) is 0 Å². The van der Waals surface area contributed by atoms with Crippen molar-refractivity contribution in [2.24, 2.45) is 5.73 Å². The van der Waals surface area contributed by atoms with Crippen LogP contribution in [0, 0.1) is 0 Å². The summed E-state index contributed by atoms with van der Waals surface area (Å²) in [6, 6.07) is 0. The van der Waals surface area contributed by atoms with Crippen LogP contribution >= 0.6 is 0 Å². The van der Waals surface area contributed by atoms with Crippen molar-refractivity contribution in [1.29, 1.82) is 0 Å². The zero-order valence-electron chi connectivity index (χ0n) is 8.76. The normalized spacial score (nSPS) is 10.6. The van der Waals surface area contributed by atoms with Gasteiger partial charge >= 0.3 is 0 Å². The van der Waals surface area contributed by atoms with Gasteiger partial charge in [-0.3, -0.25) is 0 Å². The number of ether oxygens (including phenoxy) is 2. The fraction of sp³-hybridized carbons (Fsp3) is 1.00. The molecule has 0 amide bonds. The third-order valence-electron chi connectivity index (χ3n) is 1.76. The lowest BCUT2D eigenvalue weighted by molar-refractivity contribution is 0.0456. The first-order valence-corrected chi connectivity index (χ1v) is 5.27. The molecule has 0 unspecified atom stereocenters. The van der Waals surface area contributed by atoms with Crippen LogP contribution < -0.4 is 5.73 Å². The molecule has 0 heterocycles. The van der Waals surface area contributed by atoms with Crippen LogP contribution in [0.5, 0.6) is 0 Å². The Morgan fingerprint density at radius 3 is 2.00 bits per heavy atom. The van der Waals surface area contributed by atoms with Gasteiger partial charge in [0.2, 0.25) is 0 Å². The molecule has 0 saturated heterocycles. The first kappa shape index (κ1) is 12.9. The van der Waals surface area contributed by atoms with Crippen molar-refractivity contribution in [2.45, 2.75) is 32.6 Å². The van der Waals surface area contributed by atoms with Crippen molar-refractivity contribution in [3.63, 3.8) is 0 Å². The lowest BCUT2D eigenvalue weighted by atomic mass is 10.3. The molecule has 0 aromatic carbocycles. The minimum absolute atomic E-state index is 0.717. The van der Waals surface area contributed by atoms with E-state index in [-0.39, 0.29) is 0 Å². The number of nitrogens with two attached hydrogens (primary N) is 1. The fourth-order valence-electron chi connectivity index (χ4n) is 0.917. The number of hydrogen-bond acceptors (Lipinski definition) is 3. The lowest BCUT2D eigenvalue weighted by Gasteiger charge is -2.04. The molecule has 0 spiro atoms. The number of unbranched alkanes of at least 4 members (excludes halogenated alkanes) is 2. The van der Waals surface area contributed by atoms with E-state index in [2.05, 4.69) is 6.92 Å². The van der Waals surface area contributed by atoms with Gasteiger partial charge in [0.15, 0.2) is 0 Å². The van der Waals surface area contributed by atoms with Crippen molar-refractivity contribution in [3.8, 4) is 0 Å². The van der Waals surface area contributed by atoms with Gasteiger partial charge in [0, 0.05) is 13.2 Å². The zero-order chi connectivity index (χ0) is 9.78. The molecule has 0 fully saturated rings. The van der Waals surface area contributed by atoms with E-state index < -0.39 is 0 Å². The molecule has 0 atom stereocenters. The van der Waals surface area contributed by atoms with Crippen LogP contribution in [0.15, 0.2) is 0 Å². The Morgan fingerprint density at radius 2 is 1.46 bits per heavy atom. The molecule has 0 aromatic heterocycles. The third-order valence-corrected chi connectivity index (χ3v) is 1.76. The van der Waals surface area contributed by atoms with Crippen LogP contribution in [0.1, 0.15) is 32.6 Å². The van der Waals surface area contributed by atoms with E-state index in [9.17, 15) is 0 Å². The van der Waals surface area contributed by atoms with Crippen LogP contribution in [0.3, 0.4) is 0 Å². The molecule has 3 heteroatoms. The van der Waals surface area contributed by atoms with Gasteiger partial charge in [0.05, 0.1) is 13.2 Å². The highest BCUT2D eigenvalue weighted by molar-refractivity contribution is 4.39. The van der Waals surface area contributed by atoms with E-state index >= 15 is 0 Å². The van der Waals surface area contributed by atoms with Crippen LogP contribution in [0.25, 0.3) is 0 Å². The molecule has 0 aliphatic heterocycles. The Balaban J connectivity index is 2.76. The second-order valence-corrected chi connectivity index (χ2v) is 3.07. The van der Waals surface area contributed by atoms with Crippen molar-refractivity contribution >= 4 is 0 Å². The van der Waals surface area contributed by atoms with E-state index in [0.29, 0.717) is 6.61 Å². The summed E-state index contributed by atoms with van der Waals surface area (Å²) in [4.78, 5) is 0. The third kappa shape index (κ3) is 11.9. The van der Waals surface area contributed by atoms with Gasteiger partial charge in [-0.15, -0.1) is 0 Å². The monoisotopic (exact) mass is 189 g/mol. The van der Waals surface area contributed by atoms with Gasteiger partial charge in [-0.2, -0.15) is 0 Å². The van der Waals surface area contributed by atoms with E-state index in [4.69, 9.17) is 15.2 Å². The summed E-state index contributed by atoms with van der Waals surface area (Å²) >= 11 is 0. The Kier molecular flexibility index (Phi) is 11.8. The highest BCUT2D eigenvalue weighted by Crippen LogP contribution is 1.90. The molecule has 0 aromatic rings. The average Bonchev–Trinajstić information content (AvgIpc) is 2.16. The van der Waals surface area contributed by atoms with Crippen LogP contribution in [-0.2, 0) is 9.47 Å². The zero-order valence-corrected chi connectivity index (χ0v) is 8.76. The maximum atomic E-state index is 5.34. The summed E-state index contributed by atoms with van der Waals surface area (Å²) in [5.41, 5.74) is 5.34. The minimum Gasteiger partial charge on any atom is -0.379 e. The summed E-state index contributed by atoms with van der Waals surface area (Å²) < 4.78 is 10.7. The van der Waals surface area contributed by atoms with Gasteiger partial charge in [-0.05, 0) is 25.8 Å². The average molecular weight is 189 g/mol. The van der Waals surface area contributed by atoms with Gasteiger partial charge in [-0.1, -0.05) is 13.3 Å². The van der Waals surface area contributed by atoms with Crippen LogP contribution in [0.4, 0.5) is 0 Å². The second kappa shape index (κ2) is 11.9. The molecule has 2 N–H and O–H groups in total. The number of rotatable bonds is 10. The Bertz CT molecular complexity index is 79.0. The van der Waals surface area contributed by atoms with Gasteiger partial charge in [-0.25, -0.2) is 0 Å². The highest BCUT2D eigenvalue weighted by atomic mass is 16.5. The molecule has 0 saturated carbocycles. The summed E-state index contributed by atoms with van der Waals surface area (Å²) in [7, 11) is 0. The van der Waals surface area contributed by atoms with E-state index in [1.54, 1.807) is 0 Å². The largest absolute Gasteiger partial charge is 0.379 e. The molecule has 80 valence electrons. The number of hydrogen-bond donors (Lipinski definition) is 1. The van der Waals surface area contributed by atoms with E-state index in [1.807, 2.05) is 0 Å². The molecular weight excluding hydrogens is 166 g/mol. The Labute approximate surface area is 81.6 Å². The van der Waals surface area contributed by atoms with Crippen LogP contribution in [-0.4, -0.2) is 33.0 Å². The summed E-state index contributed by atoms with van der Waals surface area (Å²) in [5, 5.41) is 0. The smallest absolute Gasteiger partial charge is 0.0700 e. The SMILES string of the molecule is CCCCOCCOCCCCN. The van der Waals surface area contributed by atoms with Crippen molar-refractivity contribution < 1.29 is 9.47 Å². The molecule has 0 rings (SSSR count). The summed E-state index contributed by atoms with van der Waals surface area (Å²) in [5.74, 6) is 0. The maximum absolute atomic E-state index is 5.34.